The van der Waals surface area contributed by atoms with Gasteiger partial charge in [0.2, 0.25) is 0 Å². The highest BCUT2D eigenvalue weighted by atomic mass is 79.9. The first-order valence-electron chi connectivity index (χ1n) is 7.15. The van der Waals surface area contributed by atoms with Gasteiger partial charge in [0, 0.05) is 40.9 Å². The number of carbonyl (C=O) groups is 1. The molecule has 0 spiro atoms. The van der Waals surface area contributed by atoms with Gasteiger partial charge in [-0.2, -0.15) is 0 Å². The molecule has 0 aliphatic carbocycles. The quantitative estimate of drug-likeness (QED) is 0.800. The molecule has 2 heterocycles. The van der Waals surface area contributed by atoms with Crippen molar-refractivity contribution in [2.75, 3.05) is 25.4 Å². The van der Waals surface area contributed by atoms with Crippen molar-refractivity contribution in [3.63, 3.8) is 0 Å². The molecule has 2 unspecified atom stereocenters. The van der Waals surface area contributed by atoms with E-state index in [4.69, 9.17) is 5.73 Å². The molecule has 1 aromatic carbocycles. The number of piperazine rings is 1. The fourth-order valence-corrected chi connectivity index (χ4v) is 3.88. The van der Waals surface area contributed by atoms with Gasteiger partial charge < -0.3 is 10.6 Å². The lowest BCUT2D eigenvalue weighted by atomic mass is 10.1. The van der Waals surface area contributed by atoms with Crippen LogP contribution in [0.25, 0.3) is 0 Å². The summed E-state index contributed by atoms with van der Waals surface area (Å²) < 4.78 is 0.855. The highest BCUT2D eigenvalue weighted by molar-refractivity contribution is 9.10. The summed E-state index contributed by atoms with van der Waals surface area (Å²) in [6.07, 6.45) is 2.46. The van der Waals surface area contributed by atoms with E-state index < -0.39 is 0 Å². The number of rotatable bonds is 1. The summed E-state index contributed by atoms with van der Waals surface area (Å²) in [4.78, 5) is 17.3. The van der Waals surface area contributed by atoms with Crippen molar-refractivity contribution in [2.45, 2.75) is 31.8 Å². The number of carbonyl (C=O) groups excluding carboxylic acids is 1. The van der Waals surface area contributed by atoms with E-state index in [2.05, 4.69) is 27.8 Å². The Morgan fingerprint density at radius 3 is 2.90 bits per heavy atom. The number of hydrogen-bond acceptors (Lipinski definition) is 3. The maximum Gasteiger partial charge on any atom is 0.254 e. The predicted octanol–water partition coefficient (Wildman–Crippen LogP) is 2.34. The second-order valence-electron chi connectivity index (χ2n) is 5.87. The van der Waals surface area contributed by atoms with E-state index in [1.807, 2.05) is 17.0 Å². The van der Waals surface area contributed by atoms with E-state index in [9.17, 15) is 4.79 Å². The summed E-state index contributed by atoms with van der Waals surface area (Å²) >= 11 is 3.41. The molecule has 1 aromatic rings. The van der Waals surface area contributed by atoms with Gasteiger partial charge in [-0.25, -0.2) is 0 Å². The van der Waals surface area contributed by atoms with Crippen LogP contribution in [0.2, 0.25) is 0 Å². The van der Waals surface area contributed by atoms with E-state index in [-0.39, 0.29) is 11.9 Å². The average Bonchev–Trinajstić information content (AvgIpc) is 2.82. The van der Waals surface area contributed by atoms with Gasteiger partial charge in [-0.15, -0.1) is 0 Å². The van der Waals surface area contributed by atoms with Gasteiger partial charge in [-0.3, -0.25) is 9.69 Å². The van der Waals surface area contributed by atoms with Gasteiger partial charge in [-0.1, -0.05) is 15.9 Å². The molecule has 2 saturated heterocycles. The third-order valence-corrected chi connectivity index (χ3v) is 4.82. The smallest absolute Gasteiger partial charge is 0.254 e. The molecule has 0 bridgehead atoms. The van der Waals surface area contributed by atoms with E-state index in [0.29, 0.717) is 17.3 Å². The number of anilines is 1. The molecule has 5 heteroatoms. The summed E-state index contributed by atoms with van der Waals surface area (Å²) in [7, 11) is 0. The van der Waals surface area contributed by atoms with Gasteiger partial charge >= 0.3 is 0 Å². The zero-order chi connectivity index (χ0) is 14.3. The van der Waals surface area contributed by atoms with Crippen LogP contribution in [-0.2, 0) is 0 Å². The van der Waals surface area contributed by atoms with Crippen LogP contribution >= 0.6 is 15.9 Å². The second kappa shape index (κ2) is 5.37. The molecule has 0 saturated carbocycles. The van der Waals surface area contributed by atoms with Crippen LogP contribution in [0.4, 0.5) is 5.69 Å². The second-order valence-corrected chi connectivity index (χ2v) is 6.79. The number of fused-ring (bicyclic) bond motifs is 1. The summed E-state index contributed by atoms with van der Waals surface area (Å²) in [6, 6.07) is 6.24. The number of halogens is 1. The van der Waals surface area contributed by atoms with Crippen molar-refractivity contribution in [2.24, 2.45) is 0 Å². The van der Waals surface area contributed by atoms with Crippen LogP contribution < -0.4 is 5.73 Å². The SMILES string of the molecule is CC1CN2CCCC2CN1C(=O)c1cc(N)cc(Br)c1. The maximum atomic E-state index is 12.7. The Labute approximate surface area is 128 Å². The number of nitrogen functional groups attached to an aromatic ring is 1. The van der Waals surface area contributed by atoms with E-state index in [1.54, 1.807) is 6.07 Å². The van der Waals surface area contributed by atoms with Crippen LogP contribution in [0.15, 0.2) is 22.7 Å². The molecule has 2 atom stereocenters. The molecular formula is C15H20BrN3O. The van der Waals surface area contributed by atoms with Crippen LogP contribution in [0.5, 0.6) is 0 Å². The zero-order valence-corrected chi connectivity index (χ0v) is 13.3. The van der Waals surface area contributed by atoms with Crippen molar-refractivity contribution in [1.82, 2.24) is 9.80 Å². The Bertz CT molecular complexity index is 514. The lowest BCUT2D eigenvalue weighted by Crippen LogP contribution is -2.56. The molecule has 2 aliphatic heterocycles. The van der Waals surface area contributed by atoms with E-state index in [0.717, 1.165) is 17.6 Å². The van der Waals surface area contributed by atoms with Gasteiger partial charge in [-0.05, 0) is 44.5 Å². The van der Waals surface area contributed by atoms with E-state index in [1.165, 1.54) is 19.4 Å². The van der Waals surface area contributed by atoms with Crippen molar-refractivity contribution in [1.29, 1.82) is 0 Å². The minimum atomic E-state index is 0.0945. The first kappa shape index (κ1) is 13.9. The van der Waals surface area contributed by atoms with Gasteiger partial charge in [0.15, 0.2) is 0 Å². The molecule has 2 aliphatic rings. The maximum absolute atomic E-state index is 12.7. The molecular weight excluding hydrogens is 318 g/mol. The Morgan fingerprint density at radius 1 is 1.35 bits per heavy atom. The van der Waals surface area contributed by atoms with Crippen molar-refractivity contribution < 1.29 is 4.79 Å². The van der Waals surface area contributed by atoms with Crippen LogP contribution in [0.1, 0.15) is 30.1 Å². The topological polar surface area (TPSA) is 49.6 Å². The standard InChI is InChI=1S/C15H20BrN3O/c1-10-8-18-4-2-3-14(18)9-19(10)15(20)11-5-12(16)7-13(17)6-11/h5-7,10,14H,2-4,8-9,17H2,1H3. The molecule has 108 valence electrons. The Hall–Kier alpha value is -1.07. The molecule has 4 nitrogen and oxygen atoms in total. The summed E-state index contributed by atoms with van der Waals surface area (Å²) in [5, 5.41) is 0. The molecule has 3 rings (SSSR count). The monoisotopic (exact) mass is 337 g/mol. The molecule has 2 N–H and O–H groups in total. The third-order valence-electron chi connectivity index (χ3n) is 4.37. The fraction of sp³-hybridized carbons (Fsp3) is 0.533. The number of hydrogen-bond donors (Lipinski definition) is 1. The van der Waals surface area contributed by atoms with Crippen LogP contribution in [0.3, 0.4) is 0 Å². The number of amides is 1. The van der Waals surface area contributed by atoms with Gasteiger partial charge in [0.05, 0.1) is 0 Å². The number of benzene rings is 1. The average molecular weight is 338 g/mol. The molecule has 2 fully saturated rings. The fourth-order valence-electron chi connectivity index (χ4n) is 3.37. The number of nitrogens with zero attached hydrogens (tertiary/aromatic N) is 2. The molecule has 1 amide bonds. The Balaban J connectivity index is 1.82. The summed E-state index contributed by atoms with van der Waals surface area (Å²) in [5.74, 6) is 0.0945. The highest BCUT2D eigenvalue weighted by Crippen LogP contribution is 2.26. The number of nitrogens with two attached hydrogens (primary N) is 1. The largest absolute Gasteiger partial charge is 0.399 e. The van der Waals surface area contributed by atoms with Crippen molar-refractivity contribution in [3.05, 3.63) is 28.2 Å². The van der Waals surface area contributed by atoms with Gasteiger partial charge in [0.1, 0.15) is 0 Å². The molecule has 0 aromatic heterocycles. The van der Waals surface area contributed by atoms with Crippen LogP contribution in [-0.4, -0.2) is 47.4 Å². The third kappa shape index (κ3) is 2.56. The first-order chi connectivity index (χ1) is 9.54. The Morgan fingerprint density at radius 2 is 2.15 bits per heavy atom. The minimum absolute atomic E-state index is 0.0945. The normalized spacial score (nSPS) is 26.6. The van der Waals surface area contributed by atoms with E-state index >= 15 is 0 Å². The van der Waals surface area contributed by atoms with Crippen molar-refractivity contribution in [3.8, 4) is 0 Å². The van der Waals surface area contributed by atoms with Crippen molar-refractivity contribution >= 4 is 27.5 Å². The lowest BCUT2D eigenvalue weighted by molar-refractivity contribution is 0.0395. The first-order valence-corrected chi connectivity index (χ1v) is 7.95. The summed E-state index contributed by atoms with van der Waals surface area (Å²) in [6.45, 7) is 5.14. The van der Waals surface area contributed by atoms with Crippen LogP contribution in [0, 0.1) is 0 Å². The lowest BCUT2D eigenvalue weighted by Gasteiger charge is -2.42. The highest BCUT2D eigenvalue weighted by Gasteiger charge is 2.36. The predicted molar refractivity (Wildman–Crippen MR) is 83.6 cm³/mol. The molecule has 0 radical (unpaired) electrons. The zero-order valence-electron chi connectivity index (χ0n) is 11.7. The molecule has 20 heavy (non-hydrogen) atoms. The Kier molecular flexibility index (Phi) is 3.73. The minimum Gasteiger partial charge on any atom is -0.399 e. The van der Waals surface area contributed by atoms with Gasteiger partial charge in [0.25, 0.3) is 5.91 Å². The summed E-state index contributed by atoms with van der Waals surface area (Å²) in [5.41, 5.74) is 7.13.